The molecule has 0 bridgehead atoms. The van der Waals surface area contributed by atoms with Gasteiger partial charge in [-0.2, -0.15) is 0 Å². The monoisotopic (exact) mass is 336 g/mol. The number of hydrogen-bond donors (Lipinski definition) is 0. The minimum Gasteiger partial charge on any atom is -0.376 e. The van der Waals surface area contributed by atoms with E-state index in [1.165, 1.54) is 96.3 Å². The van der Waals surface area contributed by atoms with Crippen LogP contribution in [0.4, 0.5) is 0 Å². The molecule has 2 rings (SSSR count). The van der Waals surface area contributed by atoms with Crippen LogP contribution in [0.1, 0.15) is 117 Å². The summed E-state index contributed by atoms with van der Waals surface area (Å²) in [6.45, 7) is 8.05. The van der Waals surface area contributed by atoms with Crippen molar-refractivity contribution >= 4 is 0 Å². The Morgan fingerprint density at radius 3 is 2.04 bits per heavy atom. The van der Waals surface area contributed by atoms with Crippen molar-refractivity contribution in [1.82, 2.24) is 0 Å². The van der Waals surface area contributed by atoms with Gasteiger partial charge in [0.15, 0.2) is 0 Å². The second-order valence-electron chi connectivity index (χ2n) is 9.65. The van der Waals surface area contributed by atoms with Crippen LogP contribution in [0.3, 0.4) is 0 Å². The summed E-state index contributed by atoms with van der Waals surface area (Å²) >= 11 is 0. The first kappa shape index (κ1) is 20.3. The van der Waals surface area contributed by atoms with Crippen molar-refractivity contribution in [2.45, 2.75) is 123 Å². The van der Waals surface area contributed by atoms with E-state index in [9.17, 15) is 0 Å². The molecule has 1 heteroatoms. The van der Waals surface area contributed by atoms with Gasteiger partial charge in [0.05, 0.1) is 5.60 Å². The zero-order chi connectivity index (χ0) is 17.3. The minimum absolute atomic E-state index is 0.0906. The van der Waals surface area contributed by atoms with E-state index >= 15 is 0 Å². The Balaban J connectivity index is 1.50. The quantitative estimate of drug-likeness (QED) is 0.375. The van der Waals surface area contributed by atoms with Crippen molar-refractivity contribution in [2.24, 2.45) is 17.8 Å². The molecule has 0 saturated heterocycles. The van der Waals surface area contributed by atoms with Crippen LogP contribution in [0.15, 0.2) is 0 Å². The van der Waals surface area contributed by atoms with Crippen LogP contribution in [0.5, 0.6) is 0 Å². The van der Waals surface area contributed by atoms with Gasteiger partial charge in [-0.1, -0.05) is 84.0 Å². The van der Waals surface area contributed by atoms with E-state index in [1.54, 1.807) is 0 Å². The highest BCUT2D eigenvalue weighted by Crippen LogP contribution is 2.32. The van der Waals surface area contributed by atoms with Gasteiger partial charge in [-0.15, -0.1) is 0 Å². The van der Waals surface area contributed by atoms with Crippen LogP contribution >= 0.6 is 0 Å². The fourth-order valence-electron chi connectivity index (χ4n) is 5.07. The minimum atomic E-state index is 0.0906. The van der Waals surface area contributed by atoms with Crippen LogP contribution in [-0.4, -0.2) is 12.2 Å². The molecule has 0 aromatic rings. The van der Waals surface area contributed by atoms with Crippen LogP contribution in [0.25, 0.3) is 0 Å². The van der Waals surface area contributed by atoms with Crippen molar-refractivity contribution < 1.29 is 4.74 Å². The third-order valence-corrected chi connectivity index (χ3v) is 6.63. The number of rotatable bonds is 10. The molecule has 1 unspecified atom stereocenters. The summed E-state index contributed by atoms with van der Waals surface area (Å²) in [7, 11) is 0. The van der Waals surface area contributed by atoms with Gasteiger partial charge in [-0.25, -0.2) is 0 Å². The molecule has 0 heterocycles. The second kappa shape index (κ2) is 10.8. The van der Waals surface area contributed by atoms with Gasteiger partial charge in [0, 0.05) is 6.61 Å². The molecule has 0 spiro atoms. The molecule has 1 nitrogen and oxygen atoms in total. The largest absolute Gasteiger partial charge is 0.376 e. The Hall–Kier alpha value is -0.0400. The third-order valence-electron chi connectivity index (χ3n) is 6.63. The maximum absolute atomic E-state index is 6.28. The highest BCUT2D eigenvalue weighted by atomic mass is 16.5. The predicted octanol–water partition coefficient (Wildman–Crippen LogP) is 7.53. The van der Waals surface area contributed by atoms with Crippen LogP contribution in [0.2, 0.25) is 0 Å². The van der Waals surface area contributed by atoms with Gasteiger partial charge in [0.25, 0.3) is 0 Å². The first-order chi connectivity index (χ1) is 11.6. The van der Waals surface area contributed by atoms with E-state index in [4.69, 9.17) is 4.74 Å². The average molecular weight is 337 g/mol. The van der Waals surface area contributed by atoms with Gasteiger partial charge in [-0.3, -0.25) is 0 Å². The molecule has 2 aliphatic carbocycles. The second-order valence-corrected chi connectivity index (χ2v) is 9.65. The maximum atomic E-state index is 6.28. The predicted molar refractivity (Wildman–Crippen MR) is 105 cm³/mol. The van der Waals surface area contributed by atoms with Gasteiger partial charge in [0.2, 0.25) is 0 Å². The van der Waals surface area contributed by atoms with E-state index in [2.05, 4.69) is 20.8 Å². The zero-order valence-corrected chi connectivity index (χ0v) is 17.0. The molecule has 2 fully saturated rings. The summed E-state index contributed by atoms with van der Waals surface area (Å²) in [5, 5.41) is 0. The normalized spacial score (nSPS) is 22.6. The Bertz CT molecular complexity index is 310. The summed E-state index contributed by atoms with van der Waals surface area (Å²) in [5.74, 6) is 2.85. The molecular formula is C23H44O. The molecule has 2 saturated carbocycles. The Morgan fingerprint density at radius 2 is 1.42 bits per heavy atom. The summed E-state index contributed by atoms with van der Waals surface area (Å²) < 4.78 is 6.28. The molecule has 0 radical (unpaired) electrons. The van der Waals surface area contributed by atoms with Gasteiger partial charge in [-0.05, 0) is 50.9 Å². The Labute approximate surface area is 152 Å². The number of hydrogen-bond acceptors (Lipinski definition) is 1. The maximum Gasteiger partial charge on any atom is 0.0629 e. The van der Waals surface area contributed by atoms with Crippen molar-refractivity contribution in [3.63, 3.8) is 0 Å². The zero-order valence-electron chi connectivity index (χ0n) is 17.0. The van der Waals surface area contributed by atoms with Crippen LogP contribution < -0.4 is 0 Å². The lowest BCUT2D eigenvalue weighted by Gasteiger charge is -2.32. The lowest BCUT2D eigenvalue weighted by Crippen LogP contribution is -2.29. The molecular weight excluding hydrogens is 292 g/mol. The number of ether oxygens (including phenoxy) is 1. The van der Waals surface area contributed by atoms with Crippen LogP contribution in [-0.2, 0) is 4.74 Å². The topological polar surface area (TPSA) is 9.23 Å². The van der Waals surface area contributed by atoms with E-state index in [0.29, 0.717) is 0 Å². The van der Waals surface area contributed by atoms with E-state index in [-0.39, 0.29) is 5.60 Å². The molecule has 1 atom stereocenters. The Morgan fingerprint density at radius 1 is 0.833 bits per heavy atom. The Kier molecular flexibility index (Phi) is 9.16. The molecule has 0 N–H and O–H groups in total. The van der Waals surface area contributed by atoms with Gasteiger partial charge < -0.3 is 4.74 Å². The lowest BCUT2D eigenvalue weighted by atomic mass is 9.82. The average Bonchev–Trinajstić information content (AvgIpc) is 2.58. The SMILES string of the molecule is CC(CCCOC(C)(C)CC1CCCCC1)CCC1CCCCC1. The van der Waals surface area contributed by atoms with Gasteiger partial charge >= 0.3 is 0 Å². The van der Waals surface area contributed by atoms with Gasteiger partial charge in [0.1, 0.15) is 0 Å². The summed E-state index contributed by atoms with van der Waals surface area (Å²) in [6, 6.07) is 0. The summed E-state index contributed by atoms with van der Waals surface area (Å²) in [4.78, 5) is 0. The molecule has 0 amide bonds. The van der Waals surface area contributed by atoms with Crippen molar-refractivity contribution in [2.75, 3.05) is 6.61 Å². The van der Waals surface area contributed by atoms with E-state index in [1.807, 2.05) is 0 Å². The van der Waals surface area contributed by atoms with E-state index < -0.39 is 0 Å². The smallest absolute Gasteiger partial charge is 0.0629 e. The standard InChI is InChI=1S/C23H44O/c1-20(16-17-21-12-6-4-7-13-21)11-10-18-24-23(2,3)19-22-14-8-5-9-15-22/h20-22H,4-19H2,1-3H3. The lowest BCUT2D eigenvalue weighted by molar-refractivity contribution is -0.0395. The molecule has 0 aliphatic heterocycles. The highest BCUT2D eigenvalue weighted by molar-refractivity contribution is 4.77. The molecule has 142 valence electrons. The van der Waals surface area contributed by atoms with Crippen molar-refractivity contribution in [3.05, 3.63) is 0 Å². The highest BCUT2D eigenvalue weighted by Gasteiger charge is 2.25. The van der Waals surface area contributed by atoms with Crippen molar-refractivity contribution in [1.29, 1.82) is 0 Å². The first-order valence-electron chi connectivity index (χ1n) is 11.2. The fourth-order valence-corrected chi connectivity index (χ4v) is 5.07. The van der Waals surface area contributed by atoms with E-state index in [0.717, 1.165) is 24.4 Å². The summed E-state index contributed by atoms with van der Waals surface area (Å²) in [5.41, 5.74) is 0.0906. The molecule has 2 aliphatic rings. The van der Waals surface area contributed by atoms with Crippen LogP contribution in [0, 0.1) is 17.8 Å². The molecule has 0 aromatic carbocycles. The fraction of sp³-hybridized carbons (Fsp3) is 1.00. The third kappa shape index (κ3) is 8.37. The first-order valence-corrected chi connectivity index (χ1v) is 11.2. The molecule has 0 aromatic heterocycles. The molecule has 24 heavy (non-hydrogen) atoms. The summed E-state index contributed by atoms with van der Waals surface area (Å²) in [6.07, 6.45) is 21.5. The van der Waals surface area contributed by atoms with Crippen molar-refractivity contribution in [3.8, 4) is 0 Å².